The second-order valence-electron chi connectivity index (χ2n) is 6.06. The number of benzene rings is 1. The summed E-state index contributed by atoms with van der Waals surface area (Å²) in [5, 5.41) is 9.34. The Labute approximate surface area is 134 Å². The minimum absolute atomic E-state index is 0.0101. The number of aryl methyl sites for hydroxylation is 2. The van der Waals surface area contributed by atoms with Crippen LogP contribution in [0.25, 0.3) is 11.4 Å². The number of aromatic amines is 1. The fraction of sp³-hybridized carbons (Fsp3) is 0.412. The molecule has 0 bridgehead atoms. The Morgan fingerprint density at radius 3 is 2.96 bits per heavy atom. The van der Waals surface area contributed by atoms with Crippen LogP contribution in [0.5, 0.6) is 0 Å². The smallest absolute Gasteiger partial charge is 0.274 e. The molecule has 2 atom stereocenters. The Hall–Kier alpha value is -2.21. The van der Waals surface area contributed by atoms with Crippen LogP contribution < -0.4 is 0 Å². The summed E-state index contributed by atoms with van der Waals surface area (Å²) < 4.78 is 13.6. The number of amides is 1. The maximum absolute atomic E-state index is 13.6. The number of aliphatic hydroxyl groups is 1. The van der Waals surface area contributed by atoms with Crippen molar-refractivity contribution < 1.29 is 14.3 Å². The molecule has 2 heterocycles. The van der Waals surface area contributed by atoms with Crippen molar-refractivity contribution in [3.8, 4) is 11.4 Å². The highest BCUT2D eigenvalue weighted by atomic mass is 19.1. The van der Waals surface area contributed by atoms with Gasteiger partial charge >= 0.3 is 0 Å². The summed E-state index contributed by atoms with van der Waals surface area (Å²) in [5.41, 5.74) is 2.93. The zero-order chi connectivity index (χ0) is 16.6. The predicted molar refractivity (Wildman–Crippen MR) is 84.9 cm³/mol. The van der Waals surface area contributed by atoms with Crippen LogP contribution in [0.3, 0.4) is 0 Å². The number of carbonyl (C=O) groups is 1. The normalized spacial score (nSPS) is 21.0. The van der Waals surface area contributed by atoms with E-state index in [0.29, 0.717) is 11.5 Å². The molecule has 3 rings (SSSR count). The van der Waals surface area contributed by atoms with Crippen LogP contribution in [0.4, 0.5) is 4.39 Å². The summed E-state index contributed by atoms with van der Waals surface area (Å²) in [6.45, 7) is 3.54. The fourth-order valence-corrected chi connectivity index (χ4v) is 3.02. The number of aliphatic hydroxyl groups excluding tert-OH is 1. The molecule has 1 amide bonds. The lowest BCUT2D eigenvalue weighted by Crippen LogP contribution is -2.38. The number of rotatable bonds is 3. The number of hydrogen-bond donors (Lipinski definition) is 2. The molecule has 0 spiro atoms. The predicted octanol–water partition coefficient (Wildman–Crippen LogP) is 2.24. The third-order valence-corrected chi connectivity index (χ3v) is 4.21. The monoisotopic (exact) mass is 317 g/mol. The Kier molecular flexibility index (Phi) is 4.17. The number of carbonyl (C=O) groups excluding carboxylic acids is 1. The molecule has 1 aliphatic rings. The van der Waals surface area contributed by atoms with Gasteiger partial charge in [-0.1, -0.05) is 23.8 Å². The van der Waals surface area contributed by atoms with Crippen molar-refractivity contribution in [2.24, 2.45) is 0 Å². The summed E-state index contributed by atoms with van der Waals surface area (Å²) in [6.07, 6.45) is -0.914. The molecular formula is C17H20FN3O2. The van der Waals surface area contributed by atoms with E-state index in [-0.39, 0.29) is 31.2 Å². The molecule has 2 aromatic rings. The lowest BCUT2D eigenvalue weighted by atomic mass is 10.1. The first-order chi connectivity index (χ1) is 11.0. The maximum atomic E-state index is 13.6. The van der Waals surface area contributed by atoms with Crippen molar-refractivity contribution in [1.82, 2.24) is 14.9 Å². The van der Waals surface area contributed by atoms with Gasteiger partial charge in [-0.05, 0) is 19.9 Å². The van der Waals surface area contributed by atoms with Gasteiger partial charge in [-0.3, -0.25) is 4.79 Å². The number of imidazole rings is 1. The van der Waals surface area contributed by atoms with E-state index in [1.54, 1.807) is 6.92 Å². The topological polar surface area (TPSA) is 69.2 Å². The Morgan fingerprint density at radius 2 is 2.26 bits per heavy atom. The van der Waals surface area contributed by atoms with E-state index < -0.39 is 12.2 Å². The van der Waals surface area contributed by atoms with Gasteiger partial charge in [0.05, 0.1) is 19.2 Å². The first-order valence-electron chi connectivity index (χ1n) is 7.69. The molecule has 5 nitrogen and oxygen atoms in total. The first-order valence-corrected chi connectivity index (χ1v) is 7.69. The highest BCUT2D eigenvalue weighted by molar-refractivity contribution is 5.94. The van der Waals surface area contributed by atoms with Crippen molar-refractivity contribution in [3.63, 3.8) is 0 Å². The number of aromatic nitrogens is 2. The lowest BCUT2D eigenvalue weighted by Gasteiger charge is -2.21. The van der Waals surface area contributed by atoms with Crippen molar-refractivity contribution in [3.05, 3.63) is 41.2 Å². The van der Waals surface area contributed by atoms with E-state index in [0.717, 1.165) is 11.1 Å². The molecule has 6 heteroatoms. The zero-order valence-electron chi connectivity index (χ0n) is 13.2. The van der Waals surface area contributed by atoms with Crippen molar-refractivity contribution >= 4 is 5.91 Å². The molecular weight excluding hydrogens is 297 g/mol. The molecule has 0 radical (unpaired) electrons. The largest absolute Gasteiger partial charge is 0.394 e. The van der Waals surface area contributed by atoms with Gasteiger partial charge in [0.15, 0.2) is 0 Å². The summed E-state index contributed by atoms with van der Waals surface area (Å²) in [7, 11) is 0. The van der Waals surface area contributed by atoms with Crippen LogP contribution >= 0.6 is 0 Å². The number of H-pyrrole nitrogens is 1. The zero-order valence-corrected chi connectivity index (χ0v) is 13.2. The molecule has 0 saturated carbocycles. The van der Waals surface area contributed by atoms with Crippen molar-refractivity contribution in [1.29, 1.82) is 0 Å². The number of nitrogens with one attached hydrogen (secondary N) is 1. The molecule has 1 saturated heterocycles. The van der Waals surface area contributed by atoms with Gasteiger partial charge in [0.2, 0.25) is 0 Å². The highest BCUT2D eigenvalue weighted by Crippen LogP contribution is 2.25. The molecule has 1 aromatic heterocycles. The number of alkyl halides is 1. The van der Waals surface area contributed by atoms with Gasteiger partial charge in [0.25, 0.3) is 5.91 Å². The average Bonchev–Trinajstić information content (AvgIpc) is 3.09. The molecule has 1 aromatic carbocycles. The van der Waals surface area contributed by atoms with E-state index in [4.69, 9.17) is 0 Å². The average molecular weight is 317 g/mol. The second-order valence-corrected chi connectivity index (χ2v) is 6.06. The Bertz CT molecular complexity index is 728. The summed E-state index contributed by atoms with van der Waals surface area (Å²) in [6, 6.07) is 7.35. The van der Waals surface area contributed by atoms with E-state index >= 15 is 0 Å². The molecule has 2 N–H and O–H groups in total. The van der Waals surface area contributed by atoms with E-state index in [1.165, 1.54) is 4.90 Å². The first kappa shape index (κ1) is 15.7. The van der Waals surface area contributed by atoms with Gasteiger partial charge in [-0.15, -0.1) is 0 Å². The Balaban J connectivity index is 1.90. The standard InChI is InChI=1S/C17H20FN3O2/c1-10-4-3-5-12(6-10)16-19-11(2)15(20-16)17(23)21-8-13(18)7-14(21)9-22/h3-6,13-14,22H,7-9H2,1-2H3,(H,19,20)/t13-,14-/m0/s1. The summed E-state index contributed by atoms with van der Waals surface area (Å²) in [4.78, 5) is 21.6. The van der Waals surface area contributed by atoms with Gasteiger partial charge in [0.1, 0.15) is 17.7 Å². The van der Waals surface area contributed by atoms with Crippen LogP contribution in [0, 0.1) is 13.8 Å². The molecule has 1 fully saturated rings. The highest BCUT2D eigenvalue weighted by Gasteiger charge is 2.36. The van der Waals surface area contributed by atoms with Gasteiger partial charge < -0.3 is 15.0 Å². The van der Waals surface area contributed by atoms with Crippen molar-refractivity contribution in [2.45, 2.75) is 32.5 Å². The number of likely N-dealkylation sites (tertiary alicyclic amines) is 1. The summed E-state index contributed by atoms with van der Waals surface area (Å²) >= 11 is 0. The number of nitrogens with zero attached hydrogens (tertiary/aromatic N) is 2. The third-order valence-electron chi connectivity index (χ3n) is 4.21. The minimum Gasteiger partial charge on any atom is -0.394 e. The Morgan fingerprint density at radius 1 is 1.48 bits per heavy atom. The van der Waals surface area contributed by atoms with E-state index in [9.17, 15) is 14.3 Å². The molecule has 0 aliphatic carbocycles. The van der Waals surface area contributed by atoms with Crippen LogP contribution in [-0.4, -0.2) is 51.2 Å². The quantitative estimate of drug-likeness (QED) is 0.912. The molecule has 0 unspecified atom stereocenters. The lowest BCUT2D eigenvalue weighted by molar-refractivity contribution is 0.0667. The number of hydrogen-bond acceptors (Lipinski definition) is 3. The van der Waals surface area contributed by atoms with E-state index in [1.807, 2.05) is 31.2 Å². The van der Waals surface area contributed by atoms with Crippen LogP contribution in [0.2, 0.25) is 0 Å². The van der Waals surface area contributed by atoms with Crippen LogP contribution in [0.1, 0.15) is 28.2 Å². The molecule has 1 aliphatic heterocycles. The van der Waals surface area contributed by atoms with Gasteiger partial charge in [-0.2, -0.15) is 0 Å². The molecule has 122 valence electrons. The van der Waals surface area contributed by atoms with Crippen molar-refractivity contribution in [2.75, 3.05) is 13.2 Å². The second kappa shape index (κ2) is 6.12. The number of halogens is 1. The van der Waals surface area contributed by atoms with Gasteiger partial charge in [0, 0.05) is 17.7 Å². The SMILES string of the molecule is Cc1cccc(-c2nc(C(=O)N3C[C@@H](F)C[C@H]3CO)c(C)[nH]2)c1. The maximum Gasteiger partial charge on any atom is 0.274 e. The van der Waals surface area contributed by atoms with Gasteiger partial charge in [-0.25, -0.2) is 9.37 Å². The van der Waals surface area contributed by atoms with Crippen LogP contribution in [-0.2, 0) is 0 Å². The van der Waals surface area contributed by atoms with E-state index in [2.05, 4.69) is 9.97 Å². The fourth-order valence-electron chi connectivity index (χ4n) is 3.02. The third kappa shape index (κ3) is 2.99. The van der Waals surface area contributed by atoms with Crippen LogP contribution in [0.15, 0.2) is 24.3 Å². The molecule has 23 heavy (non-hydrogen) atoms. The summed E-state index contributed by atoms with van der Waals surface area (Å²) in [5.74, 6) is 0.281. The minimum atomic E-state index is -1.09.